The van der Waals surface area contributed by atoms with Crippen molar-refractivity contribution in [2.24, 2.45) is 0 Å². The number of carbonyl (C=O) groups excluding carboxylic acids is 1. The van der Waals surface area contributed by atoms with E-state index in [1.165, 1.54) is 12.4 Å². The first-order chi connectivity index (χ1) is 12.0. The fraction of sp³-hybridized carbons (Fsp3) is 0. The zero-order valence-corrected chi connectivity index (χ0v) is 12.6. The Balaban J connectivity index is 1.72. The predicted octanol–water partition coefficient (Wildman–Crippen LogP) is 3.89. The van der Waals surface area contributed by atoms with Gasteiger partial charge in [0.15, 0.2) is 17.5 Å². The third-order valence-corrected chi connectivity index (χ3v) is 3.23. The van der Waals surface area contributed by atoms with Crippen LogP contribution < -0.4 is 10.6 Å². The fourth-order valence-electron chi connectivity index (χ4n) is 1.98. The number of hydrogen-bond donors (Lipinski definition) is 2. The Morgan fingerprint density at radius 2 is 1.56 bits per heavy atom. The van der Waals surface area contributed by atoms with E-state index in [9.17, 15) is 18.0 Å². The minimum atomic E-state index is -1.66. The van der Waals surface area contributed by atoms with Crippen molar-refractivity contribution >= 4 is 23.2 Å². The minimum absolute atomic E-state index is 0.0303. The van der Waals surface area contributed by atoms with E-state index in [0.717, 1.165) is 17.8 Å². The van der Waals surface area contributed by atoms with Crippen molar-refractivity contribution in [1.82, 2.24) is 9.97 Å². The van der Waals surface area contributed by atoms with Crippen molar-refractivity contribution in [3.8, 4) is 0 Å². The number of hydrogen-bond acceptors (Lipinski definition) is 4. The molecule has 0 saturated carbocycles. The maximum Gasteiger partial charge on any atom is 0.258 e. The van der Waals surface area contributed by atoms with Gasteiger partial charge >= 0.3 is 0 Å². The molecule has 0 spiro atoms. The first-order valence-corrected chi connectivity index (χ1v) is 7.13. The van der Waals surface area contributed by atoms with E-state index < -0.39 is 29.0 Å². The number of anilines is 3. The van der Waals surface area contributed by atoms with Crippen LogP contribution in [0.4, 0.5) is 30.5 Å². The van der Waals surface area contributed by atoms with E-state index in [4.69, 9.17) is 0 Å². The number of rotatable bonds is 4. The van der Waals surface area contributed by atoms with Gasteiger partial charge in [-0.1, -0.05) is 18.2 Å². The van der Waals surface area contributed by atoms with Gasteiger partial charge in [-0.25, -0.2) is 23.1 Å². The molecule has 0 aliphatic rings. The van der Waals surface area contributed by atoms with Gasteiger partial charge in [0.2, 0.25) is 5.95 Å². The van der Waals surface area contributed by atoms with Crippen LogP contribution in [0.25, 0.3) is 0 Å². The highest BCUT2D eigenvalue weighted by molar-refractivity contribution is 6.04. The molecule has 0 fully saturated rings. The van der Waals surface area contributed by atoms with Crippen molar-refractivity contribution in [3.05, 3.63) is 77.9 Å². The number of nitrogens with zero attached hydrogens (tertiary/aromatic N) is 2. The highest BCUT2D eigenvalue weighted by atomic mass is 19.2. The molecule has 1 amide bonds. The lowest BCUT2D eigenvalue weighted by atomic mass is 10.2. The summed E-state index contributed by atoms with van der Waals surface area (Å²) in [6, 6.07) is 10.8. The van der Waals surface area contributed by atoms with E-state index in [0.29, 0.717) is 0 Å². The van der Waals surface area contributed by atoms with Crippen LogP contribution in [0, 0.1) is 17.5 Å². The Hall–Kier alpha value is -3.42. The zero-order chi connectivity index (χ0) is 17.8. The summed E-state index contributed by atoms with van der Waals surface area (Å²) in [4.78, 5) is 20.0. The molecule has 25 heavy (non-hydrogen) atoms. The van der Waals surface area contributed by atoms with E-state index in [1.807, 2.05) is 30.3 Å². The van der Waals surface area contributed by atoms with Crippen LogP contribution in [-0.4, -0.2) is 15.9 Å². The first-order valence-electron chi connectivity index (χ1n) is 7.13. The molecule has 1 heterocycles. The number of aromatic nitrogens is 2. The summed E-state index contributed by atoms with van der Waals surface area (Å²) >= 11 is 0. The van der Waals surface area contributed by atoms with Crippen molar-refractivity contribution in [2.75, 3.05) is 10.6 Å². The molecule has 0 atom stereocenters. The molecular weight excluding hydrogens is 333 g/mol. The Kier molecular flexibility index (Phi) is 4.60. The first kappa shape index (κ1) is 16.4. The molecule has 3 aromatic rings. The summed E-state index contributed by atoms with van der Waals surface area (Å²) in [5.74, 6) is -4.96. The largest absolute Gasteiger partial charge is 0.324 e. The van der Waals surface area contributed by atoms with Crippen molar-refractivity contribution in [3.63, 3.8) is 0 Å². The zero-order valence-electron chi connectivity index (χ0n) is 12.6. The lowest BCUT2D eigenvalue weighted by Gasteiger charge is -2.08. The molecule has 3 rings (SSSR count). The Morgan fingerprint density at radius 3 is 2.24 bits per heavy atom. The third-order valence-electron chi connectivity index (χ3n) is 3.23. The van der Waals surface area contributed by atoms with E-state index in [1.54, 1.807) is 0 Å². The van der Waals surface area contributed by atoms with Gasteiger partial charge in [-0.15, -0.1) is 0 Å². The Bertz CT molecular complexity index is 902. The normalized spacial score (nSPS) is 10.4. The molecule has 5 nitrogen and oxygen atoms in total. The summed E-state index contributed by atoms with van der Waals surface area (Å²) in [5, 5.41) is 5.08. The quantitative estimate of drug-likeness (QED) is 0.705. The van der Waals surface area contributed by atoms with Gasteiger partial charge in [0.05, 0.1) is 11.3 Å². The molecule has 8 heteroatoms. The summed E-state index contributed by atoms with van der Waals surface area (Å²) in [5.41, 5.74) is 0.321. The van der Waals surface area contributed by atoms with Gasteiger partial charge in [0.1, 0.15) is 0 Å². The van der Waals surface area contributed by atoms with E-state index >= 15 is 0 Å². The van der Waals surface area contributed by atoms with Crippen molar-refractivity contribution in [1.29, 1.82) is 0 Å². The average Bonchev–Trinajstić information content (AvgIpc) is 2.63. The minimum Gasteiger partial charge on any atom is -0.324 e. The fourth-order valence-corrected chi connectivity index (χ4v) is 1.98. The smallest absolute Gasteiger partial charge is 0.258 e. The number of carbonyl (C=O) groups is 1. The highest BCUT2D eigenvalue weighted by Crippen LogP contribution is 2.20. The topological polar surface area (TPSA) is 66.9 Å². The van der Waals surface area contributed by atoms with E-state index in [2.05, 4.69) is 20.6 Å². The maximum atomic E-state index is 13.6. The molecule has 2 aromatic carbocycles. The van der Waals surface area contributed by atoms with Crippen LogP contribution in [0.2, 0.25) is 0 Å². The van der Waals surface area contributed by atoms with Gasteiger partial charge < -0.3 is 10.6 Å². The third kappa shape index (κ3) is 3.74. The molecule has 0 saturated heterocycles. The van der Waals surface area contributed by atoms with Crippen LogP contribution in [0.15, 0.2) is 54.9 Å². The number of benzene rings is 2. The molecule has 0 aliphatic carbocycles. The second kappa shape index (κ2) is 7.00. The molecule has 0 unspecified atom stereocenters. The van der Waals surface area contributed by atoms with Crippen LogP contribution in [0.5, 0.6) is 0 Å². The predicted molar refractivity (Wildman–Crippen MR) is 86.0 cm³/mol. The number of amides is 1. The van der Waals surface area contributed by atoms with Gasteiger partial charge in [-0.3, -0.25) is 4.79 Å². The summed E-state index contributed by atoms with van der Waals surface area (Å²) in [6.07, 6.45) is 2.46. The molecule has 0 radical (unpaired) electrons. The monoisotopic (exact) mass is 344 g/mol. The maximum absolute atomic E-state index is 13.6. The Morgan fingerprint density at radius 1 is 0.880 bits per heavy atom. The summed E-state index contributed by atoms with van der Waals surface area (Å²) < 4.78 is 39.6. The van der Waals surface area contributed by atoms with E-state index in [-0.39, 0.29) is 11.5 Å². The van der Waals surface area contributed by atoms with Crippen molar-refractivity contribution < 1.29 is 18.0 Å². The van der Waals surface area contributed by atoms with Gasteiger partial charge in [0, 0.05) is 18.1 Å². The molecule has 126 valence electrons. The summed E-state index contributed by atoms with van der Waals surface area (Å²) in [7, 11) is 0. The van der Waals surface area contributed by atoms with Crippen LogP contribution >= 0.6 is 0 Å². The van der Waals surface area contributed by atoms with Crippen LogP contribution in [0.1, 0.15) is 10.4 Å². The Labute approximate surface area is 140 Å². The molecular formula is C17H11F3N4O. The molecule has 1 aromatic heterocycles. The average molecular weight is 344 g/mol. The van der Waals surface area contributed by atoms with Crippen molar-refractivity contribution in [2.45, 2.75) is 0 Å². The second-order valence-electron chi connectivity index (χ2n) is 4.96. The number of nitrogens with one attached hydrogen (secondary N) is 2. The number of para-hydroxylation sites is 1. The van der Waals surface area contributed by atoms with Gasteiger partial charge in [-0.2, -0.15) is 0 Å². The SMILES string of the molecule is O=C(Nc1ccc(F)c(F)c1F)c1cnc(Nc2ccccc2)nc1. The standard InChI is InChI=1S/C17H11F3N4O/c18-12-6-7-13(15(20)14(12)19)24-16(25)10-8-21-17(22-9-10)23-11-4-2-1-3-5-11/h1-9H,(H,24,25)(H,21,22,23). The molecule has 0 bridgehead atoms. The molecule has 2 N–H and O–H groups in total. The highest BCUT2D eigenvalue weighted by Gasteiger charge is 2.16. The van der Waals surface area contributed by atoms with Gasteiger partial charge in [0.25, 0.3) is 5.91 Å². The summed E-state index contributed by atoms with van der Waals surface area (Å²) in [6.45, 7) is 0. The van der Waals surface area contributed by atoms with Gasteiger partial charge in [-0.05, 0) is 24.3 Å². The lowest BCUT2D eigenvalue weighted by Crippen LogP contribution is -2.15. The van der Waals surface area contributed by atoms with Crippen LogP contribution in [-0.2, 0) is 0 Å². The lowest BCUT2D eigenvalue weighted by molar-refractivity contribution is 0.102. The molecule has 0 aliphatic heterocycles. The second-order valence-corrected chi connectivity index (χ2v) is 4.96. The van der Waals surface area contributed by atoms with Crippen LogP contribution in [0.3, 0.4) is 0 Å². The number of halogens is 3.